The summed E-state index contributed by atoms with van der Waals surface area (Å²) in [6.07, 6.45) is 3.82. The number of piperidine rings is 1. The van der Waals surface area contributed by atoms with Crippen molar-refractivity contribution in [3.63, 3.8) is 0 Å². The molecule has 47 heavy (non-hydrogen) atoms. The Morgan fingerprint density at radius 3 is 2.21 bits per heavy atom. The van der Waals surface area contributed by atoms with Gasteiger partial charge in [0.1, 0.15) is 0 Å². The van der Waals surface area contributed by atoms with Crippen LogP contribution in [0.5, 0.6) is 5.75 Å². The number of hydrogen-bond acceptors (Lipinski definition) is 6. The van der Waals surface area contributed by atoms with Crippen LogP contribution in [0.15, 0.2) is 36.7 Å². The number of alkyl halides is 3. The zero-order valence-electron chi connectivity index (χ0n) is 28.4. The summed E-state index contributed by atoms with van der Waals surface area (Å²) >= 11 is 0. The smallest absolute Gasteiger partial charge is 0.248 e. The van der Waals surface area contributed by atoms with Crippen molar-refractivity contribution in [1.82, 2.24) is 15.0 Å². The Bertz CT molecular complexity index is 1530. The summed E-state index contributed by atoms with van der Waals surface area (Å²) in [6.45, 7) is 12.3. The van der Waals surface area contributed by atoms with Crippen molar-refractivity contribution in [2.45, 2.75) is 116 Å². The second-order valence-electron chi connectivity index (χ2n) is 15.3. The molecule has 1 saturated heterocycles. The first-order chi connectivity index (χ1) is 22.3. The number of fused-ring (bicyclic) bond motifs is 1. The third-order valence-corrected chi connectivity index (χ3v) is 10.3. The van der Waals surface area contributed by atoms with Crippen molar-refractivity contribution in [2.24, 2.45) is 11.3 Å². The van der Waals surface area contributed by atoms with Crippen LogP contribution in [0.2, 0.25) is 0 Å². The first-order valence-corrected chi connectivity index (χ1v) is 17.3. The zero-order valence-corrected chi connectivity index (χ0v) is 28.4. The van der Waals surface area contributed by atoms with Crippen LogP contribution in [0.3, 0.4) is 0 Å². The SMILES string of the molecule is Cc1ccc(C(F)c2c(C3CCN(c4ncc(OCC(C)C)cn4)CC3)nc3c(c2C2CCC(F)(F)CC2)C(O)CC(C)(C)C3)cc1. The molecule has 1 aromatic carbocycles. The molecule has 3 aliphatic rings. The first kappa shape index (κ1) is 33.7. The molecule has 3 aromatic rings. The summed E-state index contributed by atoms with van der Waals surface area (Å²) in [5, 5.41) is 11.6. The van der Waals surface area contributed by atoms with Crippen LogP contribution >= 0.6 is 0 Å². The first-order valence-electron chi connectivity index (χ1n) is 17.3. The lowest BCUT2D eigenvalue weighted by molar-refractivity contribution is -0.0385. The fraction of sp³-hybridized carbons (Fsp3) is 0.605. The van der Waals surface area contributed by atoms with E-state index in [-0.39, 0.29) is 42.9 Å². The number of aryl methyl sites for hydroxylation is 1. The molecule has 2 aliphatic carbocycles. The Balaban J connectivity index is 1.39. The Morgan fingerprint density at radius 1 is 0.957 bits per heavy atom. The number of anilines is 1. The van der Waals surface area contributed by atoms with Gasteiger partial charge in [0.25, 0.3) is 0 Å². The number of aliphatic hydroxyl groups excluding tert-OH is 1. The topological polar surface area (TPSA) is 71.4 Å². The number of rotatable bonds is 8. The molecule has 0 radical (unpaired) electrons. The molecular weight excluding hydrogens is 601 g/mol. The Labute approximate surface area is 277 Å². The molecule has 2 aromatic heterocycles. The van der Waals surface area contributed by atoms with Gasteiger partial charge in [0.2, 0.25) is 11.9 Å². The fourth-order valence-corrected chi connectivity index (χ4v) is 7.77. The highest BCUT2D eigenvalue weighted by Gasteiger charge is 2.43. The molecule has 2 atom stereocenters. The zero-order chi connectivity index (χ0) is 33.5. The highest BCUT2D eigenvalue weighted by atomic mass is 19.3. The minimum Gasteiger partial charge on any atom is -0.490 e. The number of ether oxygens (including phenoxy) is 1. The largest absolute Gasteiger partial charge is 0.490 e. The molecule has 3 heterocycles. The molecule has 6 nitrogen and oxygen atoms in total. The molecule has 0 amide bonds. The van der Waals surface area contributed by atoms with E-state index in [0.717, 1.165) is 35.4 Å². The van der Waals surface area contributed by atoms with Crippen LogP contribution in [-0.2, 0) is 6.42 Å². The molecular formula is C38H49F3N4O2. The fourth-order valence-electron chi connectivity index (χ4n) is 7.77. The van der Waals surface area contributed by atoms with E-state index in [0.29, 0.717) is 66.8 Å². The Kier molecular flexibility index (Phi) is 9.58. The second kappa shape index (κ2) is 13.4. The van der Waals surface area contributed by atoms with Gasteiger partial charge in [-0.1, -0.05) is 57.5 Å². The average Bonchev–Trinajstić information content (AvgIpc) is 3.03. The quantitative estimate of drug-likeness (QED) is 0.263. The molecule has 0 bridgehead atoms. The van der Waals surface area contributed by atoms with Gasteiger partial charge in [-0.05, 0) is 73.8 Å². The maximum Gasteiger partial charge on any atom is 0.248 e. The summed E-state index contributed by atoms with van der Waals surface area (Å²) in [7, 11) is 0. The number of nitrogens with zero attached hydrogens (tertiary/aromatic N) is 4. The van der Waals surface area contributed by atoms with Gasteiger partial charge in [0.05, 0.1) is 30.8 Å². The van der Waals surface area contributed by atoms with E-state index < -0.39 is 18.2 Å². The molecule has 9 heteroatoms. The summed E-state index contributed by atoms with van der Waals surface area (Å²) < 4.78 is 51.9. The summed E-state index contributed by atoms with van der Waals surface area (Å²) in [5.41, 5.74) is 4.85. The summed E-state index contributed by atoms with van der Waals surface area (Å²) in [5.74, 6) is -1.33. The van der Waals surface area contributed by atoms with E-state index in [2.05, 4.69) is 42.6 Å². The summed E-state index contributed by atoms with van der Waals surface area (Å²) in [6, 6.07) is 7.44. The van der Waals surface area contributed by atoms with E-state index in [1.165, 1.54) is 0 Å². The van der Waals surface area contributed by atoms with Gasteiger partial charge in [0, 0.05) is 48.7 Å². The molecule has 254 valence electrons. The maximum atomic E-state index is 17.2. The molecule has 2 fully saturated rings. The van der Waals surface area contributed by atoms with Crippen molar-refractivity contribution < 1.29 is 23.0 Å². The number of pyridine rings is 1. The molecule has 0 spiro atoms. The lowest BCUT2D eigenvalue weighted by atomic mass is 9.68. The lowest BCUT2D eigenvalue weighted by Crippen LogP contribution is -2.36. The van der Waals surface area contributed by atoms with Crippen molar-refractivity contribution >= 4 is 5.95 Å². The number of hydrogen-bond donors (Lipinski definition) is 1. The van der Waals surface area contributed by atoms with E-state index in [1.54, 1.807) is 12.4 Å². The molecule has 1 N–H and O–H groups in total. The van der Waals surface area contributed by atoms with Crippen molar-refractivity contribution in [2.75, 3.05) is 24.6 Å². The van der Waals surface area contributed by atoms with E-state index in [1.807, 2.05) is 31.2 Å². The number of aliphatic hydroxyl groups is 1. The van der Waals surface area contributed by atoms with Crippen molar-refractivity contribution in [1.29, 1.82) is 0 Å². The van der Waals surface area contributed by atoms with Gasteiger partial charge >= 0.3 is 0 Å². The van der Waals surface area contributed by atoms with Gasteiger partial charge in [-0.3, -0.25) is 4.98 Å². The van der Waals surface area contributed by atoms with Gasteiger partial charge < -0.3 is 14.7 Å². The summed E-state index contributed by atoms with van der Waals surface area (Å²) in [4.78, 5) is 16.5. The monoisotopic (exact) mass is 650 g/mol. The van der Waals surface area contributed by atoms with Crippen LogP contribution in [0.25, 0.3) is 0 Å². The Hall–Kier alpha value is -3.20. The third kappa shape index (κ3) is 7.45. The van der Waals surface area contributed by atoms with Gasteiger partial charge in [-0.15, -0.1) is 0 Å². The second-order valence-corrected chi connectivity index (χ2v) is 15.3. The molecule has 2 unspecified atom stereocenters. The van der Waals surface area contributed by atoms with E-state index in [4.69, 9.17) is 9.72 Å². The standard InChI is InChI=1S/C38H49F3N4O2/c1-23(2)22-47-28-20-42-36(43-21-28)45-16-12-27(13-17-45)35-33(34(39)26-8-6-24(3)7-9-26)31(25-10-14-38(40,41)15-11-25)32-29(44-35)18-37(4,5)19-30(32)46/h6-9,20-21,23,25,27,30,34,46H,10-19,22H2,1-5H3. The van der Waals surface area contributed by atoms with Crippen LogP contribution in [0, 0.1) is 18.3 Å². The maximum absolute atomic E-state index is 17.2. The van der Waals surface area contributed by atoms with Crippen LogP contribution in [-0.4, -0.2) is 45.7 Å². The predicted octanol–water partition coefficient (Wildman–Crippen LogP) is 8.96. The highest BCUT2D eigenvalue weighted by molar-refractivity contribution is 5.51. The normalized spacial score (nSPS) is 22.3. The Morgan fingerprint density at radius 2 is 1.60 bits per heavy atom. The molecule has 1 aliphatic heterocycles. The van der Waals surface area contributed by atoms with E-state index >= 15 is 4.39 Å². The minimum atomic E-state index is -2.72. The van der Waals surface area contributed by atoms with Crippen LogP contribution in [0.4, 0.5) is 19.1 Å². The third-order valence-electron chi connectivity index (χ3n) is 10.3. The number of benzene rings is 1. The lowest BCUT2D eigenvalue weighted by Gasteiger charge is -2.41. The van der Waals surface area contributed by atoms with Crippen LogP contribution in [0.1, 0.15) is 136 Å². The van der Waals surface area contributed by atoms with Gasteiger partial charge in [-0.25, -0.2) is 23.1 Å². The van der Waals surface area contributed by atoms with Crippen molar-refractivity contribution in [3.8, 4) is 5.75 Å². The number of halogens is 3. The van der Waals surface area contributed by atoms with Crippen LogP contribution < -0.4 is 9.64 Å². The molecule has 6 rings (SSSR count). The van der Waals surface area contributed by atoms with E-state index in [9.17, 15) is 13.9 Å². The van der Waals surface area contributed by atoms with Crippen molar-refractivity contribution in [3.05, 3.63) is 75.9 Å². The van der Waals surface area contributed by atoms with Gasteiger partial charge in [-0.2, -0.15) is 0 Å². The highest BCUT2D eigenvalue weighted by Crippen LogP contribution is 2.52. The van der Waals surface area contributed by atoms with Gasteiger partial charge in [0.15, 0.2) is 11.9 Å². The minimum absolute atomic E-state index is 0.0325. The number of aromatic nitrogens is 3. The average molecular weight is 651 g/mol. The predicted molar refractivity (Wildman–Crippen MR) is 178 cm³/mol. The molecule has 1 saturated carbocycles.